The molecule has 16 heavy (non-hydrogen) atoms. The van der Waals surface area contributed by atoms with Gasteiger partial charge in [0.1, 0.15) is 0 Å². The maximum absolute atomic E-state index is 6.20. The number of rotatable bonds is 4. The number of aromatic nitrogens is 4. The Morgan fingerprint density at radius 1 is 1.44 bits per heavy atom. The monoisotopic (exact) mass is 242 g/mol. The van der Waals surface area contributed by atoms with Crippen molar-refractivity contribution in [2.45, 2.75) is 63.3 Å². The number of nitrogens with zero attached hydrogens (tertiary/aromatic N) is 4. The Balaban J connectivity index is 2.04. The lowest BCUT2D eigenvalue weighted by Crippen LogP contribution is -2.22. The molecule has 5 heteroatoms. The summed E-state index contributed by atoms with van der Waals surface area (Å²) in [6.45, 7) is 2.18. The molecule has 0 amide bonds. The lowest BCUT2D eigenvalue weighted by atomic mass is 9.95. The van der Waals surface area contributed by atoms with Crippen molar-refractivity contribution in [1.29, 1.82) is 0 Å². The molecular formula is C11H19ClN4. The molecule has 0 spiro atoms. The van der Waals surface area contributed by atoms with Crippen LogP contribution in [0.1, 0.15) is 57.3 Å². The van der Waals surface area contributed by atoms with E-state index in [-0.39, 0.29) is 0 Å². The first-order valence-electron chi connectivity index (χ1n) is 6.22. The Labute approximate surface area is 101 Å². The summed E-state index contributed by atoms with van der Waals surface area (Å²) in [6.07, 6.45) is 7.79. The molecule has 1 aliphatic carbocycles. The highest BCUT2D eigenvalue weighted by Gasteiger charge is 2.24. The van der Waals surface area contributed by atoms with Gasteiger partial charge in [0.25, 0.3) is 0 Å². The molecule has 90 valence electrons. The zero-order valence-electron chi connectivity index (χ0n) is 9.77. The quantitative estimate of drug-likeness (QED) is 0.763. The second-order valence-corrected chi connectivity index (χ2v) is 5.18. The van der Waals surface area contributed by atoms with Crippen molar-refractivity contribution < 1.29 is 0 Å². The van der Waals surface area contributed by atoms with Gasteiger partial charge in [0.2, 0.25) is 0 Å². The van der Waals surface area contributed by atoms with Crippen molar-refractivity contribution >= 4 is 11.6 Å². The zero-order chi connectivity index (χ0) is 11.4. The molecule has 0 aliphatic heterocycles. The third-order valence-electron chi connectivity index (χ3n) is 3.24. The molecule has 0 bridgehead atoms. The molecular weight excluding hydrogens is 224 g/mol. The molecule has 2 rings (SSSR count). The first kappa shape index (κ1) is 11.8. The first-order valence-corrected chi connectivity index (χ1v) is 6.65. The number of alkyl halides is 1. The van der Waals surface area contributed by atoms with Gasteiger partial charge in [-0.1, -0.05) is 13.3 Å². The molecule has 1 heterocycles. The van der Waals surface area contributed by atoms with Crippen molar-refractivity contribution in [3.05, 3.63) is 5.82 Å². The summed E-state index contributed by atoms with van der Waals surface area (Å²) in [5, 5.41) is 12.3. The topological polar surface area (TPSA) is 43.6 Å². The highest BCUT2D eigenvalue weighted by molar-refractivity contribution is 6.20. The van der Waals surface area contributed by atoms with E-state index in [4.69, 9.17) is 11.6 Å². The van der Waals surface area contributed by atoms with Crippen LogP contribution >= 0.6 is 11.6 Å². The van der Waals surface area contributed by atoms with Gasteiger partial charge in [-0.3, -0.25) is 0 Å². The Hall–Kier alpha value is -0.640. The van der Waals surface area contributed by atoms with Crippen LogP contribution in [0.4, 0.5) is 0 Å². The number of hydrogen-bond acceptors (Lipinski definition) is 3. The van der Waals surface area contributed by atoms with Gasteiger partial charge in [0.05, 0.1) is 6.04 Å². The van der Waals surface area contributed by atoms with Crippen molar-refractivity contribution in [2.75, 3.05) is 0 Å². The molecule has 2 unspecified atom stereocenters. The van der Waals surface area contributed by atoms with Crippen LogP contribution in [0.5, 0.6) is 0 Å². The molecule has 1 aromatic rings. The van der Waals surface area contributed by atoms with E-state index >= 15 is 0 Å². The van der Waals surface area contributed by atoms with E-state index < -0.39 is 0 Å². The van der Waals surface area contributed by atoms with Gasteiger partial charge in [-0.2, -0.15) is 0 Å². The Kier molecular flexibility index (Phi) is 4.16. The average Bonchev–Trinajstić information content (AvgIpc) is 2.74. The standard InChI is InChI=1S/C11H19ClN4/c1-2-3-7-11-13-14-15-16(11)10-6-4-5-9(12)8-10/h9-10H,2-8H2,1H3. The predicted molar refractivity (Wildman–Crippen MR) is 63.6 cm³/mol. The van der Waals surface area contributed by atoms with Crippen LogP contribution < -0.4 is 0 Å². The first-order chi connectivity index (χ1) is 7.81. The number of tetrazole rings is 1. The summed E-state index contributed by atoms with van der Waals surface area (Å²) in [6, 6.07) is 0.415. The largest absolute Gasteiger partial charge is 0.227 e. The smallest absolute Gasteiger partial charge is 0.151 e. The maximum Gasteiger partial charge on any atom is 0.151 e. The van der Waals surface area contributed by atoms with Crippen molar-refractivity contribution in [2.24, 2.45) is 0 Å². The Morgan fingerprint density at radius 3 is 3.06 bits per heavy atom. The molecule has 0 N–H and O–H groups in total. The van der Waals surface area contributed by atoms with Crippen molar-refractivity contribution in [3.63, 3.8) is 0 Å². The third-order valence-corrected chi connectivity index (χ3v) is 3.64. The van der Waals surface area contributed by atoms with Gasteiger partial charge in [0, 0.05) is 11.8 Å². The maximum atomic E-state index is 6.20. The van der Waals surface area contributed by atoms with Gasteiger partial charge >= 0.3 is 0 Å². The lowest BCUT2D eigenvalue weighted by Gasteiger charge is -2.25. The minimum absolute atomic E-state index is 0.293. The van der Waals surface area contributed by atoms with E-state index in [9.17, 15) is 0 Å². The van der Waals surface area contributed by atoms with Crippen LogP contribution in [0.3, 0.4) is 0 Å². The molecule has 0 radical (unpaired) electrons. The van der Waals surface area contributed by atoms with Crippen LogP contribution in [-0.2, 0) is 6.42 Å². The van der Waals surface area contributed by atoms with E-state index in [1.165, 1.54) is 12.8 Å². The fraction of sp³-hybridized carbons (Fsp3) is 0.909. The van der Waals surface area contributed by atoms with Gasteiger partial charge in [-0.05, 0) is 42.5 Å². The fourth-order valence-electron chi connectivity index (χ4n) is 2.32. The second-order valence-electron chi connectivity index (χ2n) is 4.56. The van der Waals surface area contributed by atoms with Gasteiger partial charge < -0.3 is 0 Å². The summed E-state index contributed by atoms with van der Waals surface area (Å²) in [5.74, 6) is 1.03. The number of hydrogen-bond donors (Lipinski definition) is 0. The van der Waals surface area contributed by atoms with E-state index in [1.54, 1.807) is 0 Å². The minimum Gasteiger partial charge on any atom is -0.227 e. The van der Waals surface area contributed by atoms with Crippen molar-refractivity contribution in [1.82, 2.24) is 20.2 Å². The minimum atomic E-state index is 0.293. The van der Waals surface area contributed by atoms with Crippen molar-refractivity contribution in [3.8, 4) is 0 Å². The van der Waals surface area contributed by atoms with Crippen LogP contribution in [-0.4, -0.2) is 25.6 Å². The second kappa shape index (κ2) is 5.62. The van der Waals surface area contributed by atoms with Gasteiger partial charge in [0.15, 0.2) is 5.82 Å². The molecule has 1 fully saturated rings. The molecule has 1 saturated carbocycles. The number of halogens is 1. The summed E-state index contributed by atoms with van der Waals surface area (Å²) in [5.41, 5.74) is 0. The Bertz CT molecular complexity index is 326. The molecule has 0 saturated heterocycles. The fourth-order valence-corrected chi connectivity index (χ4v) is 2.68. The van der Waals surface area contributed by atoms with Gasteiger partial charge in [-0.25, -0.2) is 4.68 Å². The van der Waals surface area contributed by atoms with E-state index in [1.807, 2.05) is 4.68 Å². The summed E-state index contributed by atoms with van der Waals surface area (Å²) < 4.78 is 2.00. The van der Waals surface area contributed by atoms with E-state index in [0.29, 0.717) is 11.4 Å². The SMILES string of the molecule is CCCCc1nnnn1C1CCCC(Cl)C1. The van der Waals surface area contributed by atoms with Crippen LogP contribution in [0.25, 0.3) is 0 Å². The molecule has 1 aromatic heterocycles. The molecule has 2 atom stereocenters. The Morgan fingerprint density at radius 2 is 2.31 bits per heavy atom. The molecule has 0 aromatic carbocycles. The predicted octanol–water partition coefficient (Wildman–Crippen LogP) is 2.74. The lowest BCUT2D eigenvalue weighted by molar-refractivity contribution is 0.320. The number of unbranched alkanes of at least 4 members (excludes halogenated alkanes) is 1. The average molecular weight is 243 g/mol. The van der Waals surface area contributed by atoms with Crippen LogP contribution in [0, 0.1) is 0 Å². The normalized spacial score (nSPS) is 25.9. The highest BCUT2D eigenvalue weighted by Crippen LogP contribution is 2.31. The van der Waals surface area contributed by atoms with Crippen LogP contribution in [0.2, 0.25) is 0 Å². The highest BCUT2D eigenvalue weighted by atomic mass is 35.5. The van der Waals surface area contributed by atoms with Gasteiger partial charge in [-0.15, -0.1) is 16.7 Å². The van der Waals surface area contributed by atoms with E-state index in [0.717, 1.165) is 37.9 Å². The van der Waals surface area contributed by atoms with E-state index in [2.05, 4.69) is 22.4 Å². The number of aryl methyl sites for hydroxylation is 1. The summed E-state index contributed by atoms with van der Waals surface area (Å²) >= 11 is 6.20. The zero-order valence-corrected chi connectivity index (χ0v) is 10.5. The molecule has 4 nitrogen and oxygen atoms in total. The summed E-state index contributed by atoms with van der Waals surface area (Å²) in [7, 11) is 0. The molecule has 1 aliphatic rings. The summed E-state index contributed by atoms with van der Waals surface area (Å²) in [4.78, 5) is 0. The van der Waals surface area contributed by atoms with Crippen LogP contribution in [0.15, 0.2) is 0 Å². The third kappa shape index (κ3) is 2.73.